The Morgan fingerprint density at radius 1 is 1.19 bits per heavy atom. The molecule has 0 aliphatic heterocycles. The lowest BCUT2D eigenvalue weighted by molar-refractivity contribution is 0.678. The number of thiazole rings is 1. The predicted molar refractivity (Wildman–Crippen MR) is 122 cm³/mol. The fourth-order valence-corrected chi connectivity index (χ4v) is 4.37. The van der Waals surface area contributed by atoms with E-state index in [1.54, 1.807) is 0 Å². The molecule has 2 N–H and O–H groups in total. The van der Waals surface area contributed by atoms with E-state index in [-0.39, 0.29) is 24.0 Å². The van der Waals surface area contributed by atoms with Crippen molar-refractivity contribution >= 4 is 41.3 Å². The number of benzene rings is 1. The standard InChI is InChI=1S/C20H28N4S.HI/c1-15-8-3-4-9-16(15)14-23-20(21-2)22-13-7-12-19-24-17-10-5-6-11-18(17)25-19;/h3-4,8-9H,5-7,10-14H2,1-2H3,(H2,21,22,23);1H. The lowest BCUT2D eigenvalue weighted by Crippen LogP contribution is -2.37. The van der Waals surface area contributed by atoms with Crippen molar-refractivity contribution in [2.45, 2.75) is 52.0 Å². The predicted octanol–water partition coefficient (Wildman–Crippen LogP) is 4.25. The van der Waals surface area contributed by atoms with Crippen LogP contribution in [0.25, 0.3) is 0 Å². The smallest absolute Gasteiger partial charge is 0.191 e. The Hall–Kier alpha value is -1.15. The molecule has 0 atom stereocenters. The van der Waals surface area contributed by atoms with Gasteiger partial charge in [-0.15, -0.1) is 35.3 Å². The summed E-state index contributed by atoms with van der Waals surface area (Å²) in [4.78, 5) is 10.7. The molecule has 0 amide bonds. The summed E-state index contributed by atoms with van der Waals surface area (Å²) in [6.07, 6.45) is 7.19. The first-order valence-corrected chi connectivity index (χ1v) is 10.0. The van der Waals surface area contributed by atoms with E-state index in [4.69, 9.17) is 4.98 Å². The van der Waals surface area contributed by atoms with Crippen LogP contribution in [0.4, 0.5) is 0 Å². The first-order valence-electron chi connectivity index (χ1n) is 9.22. The van der Waals surface area contributed by atoms with E-state index in [1.807, 2.05) is 18.4 Å². The molecule has 0 saturated carbocycles. The molecule has 0 radical (unpaired) electrons. The van der Waals surface area contributed by atoms with Gasteiger partial charge in [0, 0.05) is 31.4 Å². The number of aromatic nitrogens is 1. The number of hydrogen-bond acceptors (Lipinski definition) is 3. The first-order chi connectivity index (χ1) is 12.3. The molecule has 0 spiro atoms. The van der Waals surface area contributed by atoms with Crippen LogP contribution < -0.4 is 10.6 Å². The third-order valence-electron chi connectivity index (χ3n) is 4.68. The lowest BCUT2D eigenvalue weighted by Gasteiger charge is -2.12. The highest BCUT2D eigenvalue weighted by molar-refractivity contribution is 14.0. The van der Waals surface area contributed by atoms with Gasteiger partial charge in [0.15, 0.2) is 5.96 Å². The fourth-order valence-electron chi connectivity index (χ4n) is 3.17. The van der Waals surface area contributed by atoms with E-state index < -0.39 is 0 Å². The van der Waals surface area contributed by atoms with Crippen molar-refractivity contribution in [3.8, 4) is 0 Å². The molecule has 0 bridgehead atoms. The Balaban J connectivity index is 0.00000243. The minimum Gasteiger partial charge on any atom is -0.356 e. The van der Waals surface area contributed by atoms with Gasteiger partial charge in [-0.3, -0.25) is 4.99 Å². The van der Waals surface area contributed by atoms with Crippen molar-refractivity contribution in [3.05, 3.63) is 51.0 Å². The normalized spacial score (nSPS) is 13.7. The van der Waals surface area contributed by atoms with E-state index >= 15 is 0 Å². The number of fused-ring (bicyclic) bond motifs is 1. The van der Waals surface area contributed by atoms with Gasteiger partial charge < -0.3 is 10.6 Å². The molecule has 4 nitrogen and oxygen atoms in total. The second-order valence-corrected chi connectivity index (χ2v) is 7.74. The van der Waals surface area contributed by atoms with Crippen molar-refractivity contribution in [2.24, 2.45) is 4.99 Å². The highest BCUT2D eigenvalue weighted by Crippen LogP contribution is 2.27. The lowest BCUT2D eigenvalue weighted by atomic mass is 10.0. The second kappa shape index (κ2) is 10.9. The molecule has 2 aromatic rings. The maximum Gasteiger partial charge on any atom is 0.191 e. The van der Waals surface area contributed by atoms with Crippen LogP contribution in [-0.4, -0.2) is 24.5 Å². The zero-order chi connectivity index (χ0) is 17.5. The Morgan fingerprint density at radius 3 is 2.77 bits per heavy atom. The Kier molecular flexibility index (Phi) is 8.84. The zero-order valence-electron chi connectivity index (χ0n) is 15.7. The van der Waals surface area contributed by atoms with E-state index in [9.17, 15) is 0 Å². The summed E-state index contributed by atoms with van der Waals surface area (Å²) in [5.41, 5.74) is 3.98. The second-order valence-electron chi connectivity index (χ2n) is 6.57. The van der Waals surface area contributed by atoms with Gasteiger partial charge in [-0.1, -0.05) is 24.3 Å². The Labute approximate surface area is 177 Å². The summed E-state index contributed by atoms with van der Waals surface area (Å²) in [5, 5.41) is 8.10. The highest BCUT2D eigenvalue weighted by atomic mass is 127. The quantitative estimate of drug-likeness (QED) is 0.279. The molecule has 0 unspecified atom stereocenters. The Morgan fingerprint density at radius 2 is 2.00 bits per heavy atom. The van der Waals surface area contributed by atoms with E-state index in [2.05, 4.69) is 46.8 Å². The Bertz CT molecular complexity index is 703. The van der Waals surface area contributed by atoms with Crippen LogP contribution >= 0.6 is 35.3 Å². The molecular formula is C20H29IN4S. The molecule has 1 aliphatic carbocycles. The molecule has 142 valence electrons. The van der Waals surface area contributed by atoms with Crippen LogP contribution in [-0.2, 0) is 25.8 Å². The van der Waals surface area contributed by atoms with Gasteiger partial charge in [0.2, 0.25) is 0 Å². The van der Waals surface area contributed by atoms with Crippen LogP contribution in [0.5, 0.6) is 0 Å². The topological polar surface area (TPSA) is 49.3 Å². The maximum atomic E-state index is 4.82. The van der Waals surface area contributed by atoms with E-state index in [0.717, 1.165) is 31.9 Å². The van der Waals surface area contributed by atoms with Crippen LogP contribution in [0.15, 0.2) is 29.3 Å². The van der Waals surface area contributed by atoms with Crippen molar-refractivity contribution in [1.29, 1.82) is 0 Å². The summed E-state index contributed by atoms with van der Waals surface area (Å²) in [6.45, 7) is 3.85. The number of nitrogens with one attached hydrogen (secondary N) is 2. The number of rotatable bonds is 6. The molecular weight excluding hydrogens is 455 g/mol. The molecule has 3 rings (SSSR count). The SMILES string of the molecule is CN=C(NCCCc1nc2c(s1)CCCC2)NCc1ccccc1C.I. The van der Waals surface area contributed by atoms with Crippen LogP contribution in [0.1, 0.15) is 46.0 Å². The number of halogens is 1. The number of hydrogen-bond donors (Lipinski definition) is 2. The molecule has 1 aromatic carbocycles. The van der Waals surface area contributed by atoms with E-state index in [0.29, 0.717) is 0 Å². The summed E-state index contributed by atoms with van der Waals surface area (Å²) in [6, 6.07) is 8.44. The minimum atomic E-state index is 0. The monoisotopic (exact) mass is 484 g/mol. The third kappa shape index (κ3) is 5.94. The van der Waals surface area contributed by atoms with Gasteiger partial charge in [-0.25, -0.2) is 4.98 Å². The fraction of sp³-hybridized carbons (Fsp3) is 0.500. The zero-order valence-corrected chi connectivity index (χ0v) is 18.8. The maximum absolute atomic E-state index is 4.82. The molecule has 0 fully saturated rings. The third-order valence-corrected chi connectivity index (χ3v) is 5.90. The summed E-state index contributed by atoms with van der Waals surface area (Å²) < 4.78 is 0. The van der Waals surface area contributed by atoms with Crippen LogP contribution in [0, 0.1) is 6.92 Å². The van der Waals surface area contributed by atoms with Gasteiger partial charge in [0.1, 0.15) is 0 Å². The van der Waals surface area contributed by atoms with Gasteiger partial charge >= 0.3 is 0 Å². The summed E-state index contributed by atoms with van der Waals surface area (Å²) in [5.74, 6) is 0.863. The number of aliphatic imine (C=N–C) groups is 1. The number of aryl methyl sites for hydroxylation is 4. The number of guanidine groups is 1. The van der Waals surface area contributed by atoms with Crippen molar-refractivity contribution in [2.75, 3.05) is 13.6 Å². The van der Waals surface area contributed by atoms with Gasteiger partial charge in [-0.2, -0.15) is 0 Å². The molecule has 1 heterocycles. The first kappa shape index (κ1) is 21.2. The molecule has 26 heavy (non-hydrogen) atoms. The summed E-state index contributed by atoms with van der Waals surface area (Å²) in [7, 11) is 1.82. The van der Waals surface area contributed by atoms with Gasteiger partial charge in [0.25, 0.3) is 0 Å². The van der Waals surface area contributed by atoms with Crippen LogP contribution in [0.3, 0.4) is 0 Å². The highest BCUT2D eigenvalue weighted by Gasteiger charge is 2.14. The molecule has 0 saturated heterocycles. The summed E-state index contributed by atoms with van der Waals surface area (Å²) >= 11 is 1.92. The van der Waals surface area contributed by atoms with Gasteiger partial charge in [0.05, 0.1) is 10.7 Å². The average molecular weight is 484 g/mol. The number of nitrogens with zero attached hydrogens (tertiary/aromatic N) is 2. The largest absolute Gasteiger partial charge is 0.356 e. The molecule has 6 heteroatoms. The average Bonchev–Trinajstić information content (AvgIpc) is 3.05. The van der Waals surface area contributed by atoms with Crippen LogP contribution in [0.2, 0.25) is 0 Å². The van der Waals surface area contributed by atoms with Crippen molar-refractivity contribution in [3.63, 3.8) is 0 Å². The van der Waals surface area contributed by atoms with Gasteiger partial charge in [-0.05, 0) is 50.2 Å². The van der Waals surface area contributed by atoms with Crippen molar-refractivity contribution < 1.29 is 0 Å². The van der Waals surface area contributed by atoms with Crippen molar-refractivity contribution in [1.82, 2.24) is 15.6 Å². The molecule has 1 aromatic heterocycles. The minimum absolute atomic E-state index is 0. The van der Waals surface area contributed by atoms with E-state index in [1.165, 1.54) is 52.4 Å². The molecule has 1 aliphatic rings.